The van der Waals surface area contributed by atoms with Gasteiger partial charge in [0.1, 0.15) is 19.2 Å². The van der Waals surface area contributed by atoms with Crippen LogP contribution >= 0.6 is 0 Å². The smallest absolute Gasteiger partial charge is 0.164 e. The molecule has 0 spiro atoms. The third kappa shape index (κ3) is 4.40. The second kappa shape index (κ2) is 10.9. The van der Waals surface area contributed by atoms with Crippen molar-refractivity contribution in [3.05, 3.63) is 152 Å². The van der Waals surface area contributed by atoms with E-state index in [0.717, 1.165) is 44.2 Å². The summed E-state index contributed by atoms with van der Waals surface area (Å²) in [6.45, 7) is 4.90. The van der Waals surface area contributed by atoms with Gasteiger partial charge in [-0.1, -0.05) is 147 Å². The molecule has 0 aliphatic carbocycles. The minimum atomic E-state index is -2.15. The molecule has 0 N–H and O–H groups in total. The number of fused-ring (bicyclic) bond motifs is 8. The van der Waals surface area contributed by atoms with E-state index in [1.807, 2.05) is 30.3 Å². The molecule has 9 aromatic rings. The zero-order valence-corrected chi connectivity index (χ0v) is 28.7. The predicted octanol–water partition coefficient (Wildman–Crippen LogP) is 10.4. The molecule has 0 unspecified atom stereocenters. The van der Waals surface area contributed by atoms with E-state index in [4.69, 9.17) is 19.4 Å². The number of benzene rings is 7. The van der Waals surface area contributed by atoms with Gasteiger partial charge in [0.25, 0.3) is 0 Å². The Hall–Kier alpha value is -6.17. The Labute approximate surface area is 290 Å². The van der Waals surface area contributed by atoms with Crippen LogP contribution < -0.4 is 10.4 Å². The molecule has 236 valence electrons. The lowest BCUT2D eigenvalue weighted by molar-refractivity contribution is 0.670. The number of hydrogen-bond donors (Lipinski definition) is 0. The molecule has 10 rings (SSSR count). The topological polar surface area (TPSA) is 51.8 Å². The van der Waals surface area contributed by atoms with Crippen molar-refractivity contribution < 1.29 is 4.42 Å². The number of rotatable bonds is 4. The lowest BCUT2D eigenvalue weighted by Crippen LogP contribution is -2.49. The van der Waals surface area contributed by atoms with Crippen LogP contribution in [0.4, 0.5) is 0 Å². The summed E-state index contributed by atoms with van der Waals surface area (Å²) in [5.74, 6) is 1.93. The molecule has 0 fully saturated rings. The van der Waals surface area contributed by atoms with Gasteiger partial charge >= 0.3 is 0 Å². The molecule has 3 heterocycles. The molecule has 0 bridgehead atoms. The molecule has 2 aromatic heterocycles. The van der Waals surface area contributed by atoms with Crippen LogP contribution in [0, 0.1) is 0 Å². The Bertz CT molecular complexity index is 2770. The van der Waals surface area contributed by atoms with E-state index in [0.29, 0.717) is 17.5 Å². The van der Waals surface area contributed by atoms with Gasteiger partial charge in [-0.15, -0.1) is 0 Å². The van der Waals surface area contributed by atoms with Gasteiger partial charge in [-0.05, 0) is 56.0 Å². The summed E-state index contributed by atoms with van der Waals surface area (Å²) >= 11 is 0. The third-order valence-electron chi connectivity index (χ3n) is 10.3. The van der Waals surface area contributed by atoms with Crippen molar-refractivity contribution in [2.24, 2.45) is 0 Å². The van der Waals surface area contributed by atoms with Crippen molar-refractivity contribution in [2.45, 2.75) is 13.1 Å². The molecule has 0 atom stereocenters. The van der Waals surface area contributed by atoms with Crippen LogP contribution in [0.5, 0.6) is 0 Å². The first-order valence-electron chi connectivity index (χ1n) is 17.0. The maximum absolute atomic E-state index is 6.86. The quantitative estimate of drug-likeness (QED) is 0.177. The number of furan rings is 1. The fourth-order valence-corrected chi connectivity index (χ4v) is 10.8. The Morgan fingerprint density at radius 2 is 1.00 bits per heavy atom. The minimum Gasteiger partial charge on any atom is -0.455 e. The lowest BCUT2D eigenvalue weighted by atomic mass is 9.96. The van der Waals surface area contributed by atoms with Crippen LogP contribution in [0.3, 0.4) is 0 Å². The summed E-state index contributed by atoms with van der Waals surface area (Å²) in [6, 6.07) is 53.3. The highest BCUT2D eigenvalue weighted by Gasteiger charge is 2.41. The van der Waals surface area contributed by atoms with E-state index in [1.165, 1.54) is 37.8 Å². The van der Waals surface area contributed by atoms with Crippen LogP contribution in [-0.2, 0) is 0 Å². The van der Waals surface area contributed by atoms with Gasteiger partial charge in [-0.25, -0.2) is 15.0 Å². The maximum atomic E-state index is 6.86. The monoisotopic (exact) mass is 657 g/mol. The summed E-state index contributed by atoms with van der Waals surface area (Å²) in [5.41, 5.74) is 9.45. The van der Waals surface area contributed by atoms with Crippen LogP contribution in [-0.4, -0.2) is 23.0 Å². The van der Waals surface area contributed by atoms with E-state index >= 15 is 0 Å². The largest absolute Gasteiger partial charge is 0.455 e. The fourth-order valence-electron chi connectivity index (χ4n) is 7.73. The molecule has 1 aliphatic rings. The second-order valence-corrected chi connectivity index (χ2v) is 18.0. The highest BCUT2D eigenvalue weighted by Crippen LogP contribution is 2.44. The molecule has 50 heavy (non-hydrogen) atoms. The van der Waals surface area contributed by atoms with Crippen molar-refractivity contribution in [3.63, 3.8) is 0 Å². The zero-order valence-electron chi connectivity index (χ0n) is 27.7. The molecule has 5 heteroatoms. The average Bonchev–Trinajstić information content (AvgIpc) is 3.66. The predicted molar refractivity (Wildman–Crippen MR) is 209 cm³/mol. The van der Waals surface area contributed by atoms with Crippen molar-refractivity contribution >= 4 is 51.2 Å². The second-order valence-electron chi connectivity index (χ2n) is 13.6. The molecule has 0 saturated heterocycles. The first-order chi connectivity index (χ1) is 24.5. The van der Waals surface area contributed by atoms with Crippen molar-refractivity contribution in [2.75, 3.05) is 0 Å². The first-order valence-corrected chi connectivity index (χ1v) is 20.0. The number of hydrogen-bond acceptors (Lipinski definition) is 4. The lowest BCUT2D eigenvalue weighted by Gasteiger charge is -2.20. The van der Waals surface area contributed by atoms with E-state index < -0.39 is 8.07 Å². The molecule has 7 aromatic carbocycles. The molecule has 0 amide bonds. The van der Waals surface area contributed by atoms with Crippen LogP contribution in [0.15, 0.2) is 156 Å². The summed E-state index contributed by atoms with van der Waals surface area (Å²) in [6.07, 6.45) is 0. The zero-order chi connectivity index (χ0) is 33.4. The van der Waals surface area contributed by atoms with E-state index in [9.17, 15) is 0 Å². The van der Waals surface area contributed by atoms with Gasteiger partial charge in [-0.3, -0.25) is 0 Å². The molecule has 4 nitrogen and oxygen atoms in total. The first kappa shape index (κ1) is 28.8. The third-order valence-corrected chi connectivity index (χ3v) is 13.8. The standard InChI is InChI=1S/C45H31N3OSi/c1-50(2)38-26-33-18-10-9-17-32(33)25-35(38)41-39(50)27-36(40-34-19-11-12-20-37(34)49-42(40)41)45-47-43(30-15-7-4-8-16-30)46-44(48-45)31-23-21-29(22-24-31)28-13-5-3-6-14-28/h3-27H,1-2H3. The number of para-hydroxylation sites is 1. The van der Waals surface area contributed by atoms with Gasteiger partial charge in [0, 0.05) is 33.0 Å². The highest BCUT2D eigenvalue weighted by molar-refractivity contribution is 7.04. The SMILES string of the molecule is C[Si]1(C)c2cc3ccccc3cc2-c2c1cc(-c1nc(-c3ccccc3)nc(-c3ccc(-c4ccccc4)cc3)n1)c1c2oc2ccccc21. The summed E-state index contributed by atoms with van der Waals surface area (Å²) in [7, 11) is -2.15. The average molecular weight is 658 g/mol. The van der Waals surface area contributed by atoms with Crippen molar-refractivity contribution in [3.8, 4) is 56.4 Å². The summed E-state index contributed by atoms with van der Waals surface area (Å²) in [5, 5.41) is 7.40. The molecule has 1 aliphatic heterocycles. The van der Waals surface area contributed by atoms with Gasteiger partial charge in [-0.2, -0.15) is 0 Å². The van der Waals surface area contributed by atoms with E-state index in [2.05, 4.69) is 134 Å². The summed E-state index contributed by atoms with van der Waals surface area (Å²) < 4.78 is 6.86. The Morgan fingerprint density at radius 1 is 0.460 bits per heavy atom. The fraction of sp³-hybridized carbons (Fsp3) is 0.0444. The number of nitrogens with zero attached hydrogens (tertiary/aromatic N) is 3. The maximum Gasteiger partial charge on any atom is 0.164 e. The highest BCUT2D eigenvalue weighted by atomic mass is 28.3. The number of aromatic nitrogens is 3. The Balaban J connectivity index is 1.25. The van der Waals surface area contributed by atoms with E-state index in [-0.39, 0.29) is 0 Å². The molecule has 0 saturated carbocycles. The Kier molecular flexibility index (Phi) is 6.29. The van der Waals surface area contributed by atoms with Gasteiger partial charge in [0.15, 0.2) is 17.5 Å². The molecular weight excluding hydrogens is 627 g/mol. The summed E-state index contributed by atoms with van der Waals surface area (Å²) in [4.78, 5) is 15.5. The minimum absolute atomic E-state index is 0.640. The normalized spacial score (nSPS) is 13.2. The van der Waals surface area contributed by atoms with Crippen LogP contribution in [0.25, 0.3) is 89.1 Å². The molecular formula is C45H31N3OSi. The van der Waals surface area contributed by atoms with Crippen molar-refractivity contribution in [1.29, 1.82) is 0 Å². The van der Waals surface area contributed by atoms with Crippen LogP contribution in [0.2, 0.25) is 13.1 Å². The Morgan fingerprint density at radius 3 is 1.72 bits per heavy atom. The van der Waals surface area contributed by atoms with Gasteiger partial charge < -0.3 is 4.42 Å². The van der Waals surface area contributed by atoms with Gasteiger partial charge in [0.2, 0.25) is 0 Å². The molecule has 0 radical (unpaired) electrons. The van der Waals surface area contributed by atoms with E-state index in [1.54, 1.807) is 0 Å². The van der Waals surface area contributed by atoms with Gasteiger partial charge in [0.05, 0.1) is 0 Å². The van der Waals surface area contributed by atoms with Crippen LogP contribution in [0.1, 0.15) is 0 Å². The van der Waals surface area contributed by atoms with Crippen molar-refractivity contribution in [1.82, 2.24) is 15.0 Å².